The Kier molecular flexibility index (Phi) is 6.66. The number of aliphatic hydroxyl groups excluding tert-OH is 2. The van der Waals surface area contributed by atoms with E-state index in [1.54, 1.807) is 0 Å². The van der Waals surface area contributed by atoms with Crippen molar-refractivity contribution in [2.75, 3.05) is 0 Å². The molecule has 0 fully saturated rings. The highest BCUT2D eigenvalue weighted by Gasteiger charge is 2.23. The van der Waals surface area contributed by atoms with Gasteiger partial charge in [-0.1, -0.05) is 26.2 Å². The summed E-state index contributed by atoms with van der Waals surface area (Å²) in [4.78, 5) is 0. The zero-order valence-corrected chi connectivity index (χ0v) is 8.45. The Balaban J connectivity index is 4.14. The lowest BCUT2D eigenvalue weighted by molar-refractivity contribution is 0.00852. The zero-order valence-electron chi connectivity index (χ0n) is 8.45. The molecule has 0 aromatic carbocycles. The third kappa shape index (κ3) is 4.31. The summed E-state index contributed by atoms with van der Waals surface area (Å²) < 4.78 is 0. The van der Waals surface area contributed by atoms with Crippen molar-refractivity contribution >= 4 is 0 Å². The first-order chi connectivity index (χ1) is 6.17. The van der Waals surface area contributed by atoms with Crippen molar-refractivity contribution in [3.05, 3.63) is 6.42 Å². The second-order valence-electron chi connectivity index (χ2n) is 3.38. The molecular weight excluding hydrogens is 164 g/mol. The summed E-state index contributed by atoms with van der Waals surface area (Å²) in [5.41, 5.74) is 0. The Labute approximate surface area is 81.0 Å². The van der Waals surface area contributed by atoms with Gasteiger partial charge in [0.05, 0.1) is 12.2 Å². The molecule has 3 atom stereocenters. The SMILES string of the molecule is [C]#CCC(O)C(CCC)C(O)CC. The molecule has 0 aromatic rings. The minimum absolute atomic E-state index is 0.104. The highest BCUT2D eigenvalue weighted by Crippen LogP contribution is 2.20. The van der Waals surface area contributed by atoms with Crippen LogP contribution in [0, 0.1) is 18.3 Å². The van der Waals surface area contributed by atoms with Crippen molar-refractivity contribution in [1.29, 1.82) is 0 Å². The van der Waals surface area contributed by atoms with Crippen molar-refractivity contribution in [3.63, 3.8) is 0 Å². The molecule has 0 aliphatic carbocycles. The molecule has 0 aliphatic rings. The Morgan fingerprint density at radius 3 is 2.23 bits per heavy atom. The lowest BCUT2D eigenvalue weighted by atomic mass is 9.88. The third-order valence-electron chi connectivity index (χ3n) is 2.34. The highest BCUT2D eigenvalue weighted by molar-refractivity contribution is 4.85. The lowest BCUT2D eigenvalue weighted by Gasteiger charge is -2.25. The van der Waals surface area contributed by atoms with E-state index in [1.807, 2.05) is 13.8 Å². The fraction of sp³-hybridized carbons (Fsp3) is 0.818. The van der Waals surface area contributed by atoms with Gasteiger partial charge in [0.1, 0.15) is 0 Å². The van der Waals surface area contributed by atoms with E-state index in [1.165, 1.54) is 0 Å². The van der Waals surface area contributed by atoms with Crippen molar-refractivity contribution in [1.82, 2.24) is 0 Å². The predicted molar refractivity (Wildman–Crippen MR) is 52.5 cm³/mol. The van der Waals surface area contributed by atoms with Crippen LogP contribution in [0.5, 0.6) is 0 Å². The first-order valence-corrected chi connectivity index (χ1v) is 4.93. The summed E-state index contributed by atoms with van der Waals surface area (Å²) in [6, 6.07) is 0. The molecule has 0 aromatic heterocycles. The first kappa shape index (κ1) is 12.5. The van der Waals surface area contributed by atoms with Gasteiger partial charge in [0.15, 0.2) is 0 Å². The lowest BCUT2D eigenvalue weighted by Crippen LogP contribution is -2.31. The topological polar surface area (TPSA) is 40.5 Å². The van der Waals surface area contributed by atoms with Crippen LogP contribution in [0.2, 0.25) is 0 Å². The monoisotopic (exact) mass is 183 g/mol. The Morgan fingerprint density at radius 1 is 1.23 bits per heavy atom. The summed E-state index contributed by atoms with van der Waals surface area (Å²) in [6.45, 7) is 3.92. The van der Waals surface area contributed by atoms with Crippen LogP contribution in [-0.4, -0.2) is 22.4 Å². The fourth-order valence-corrected chi connectivity index (χ4v) is 1.53. The molecule has 0 heterocycles. The van der Waals surface area contributed by atoms with E-state index in [0.29, 0.717) is 6.42 Å². The molecule has 0 aliphatic heterocycles. The molecule has 2 N–H and O–H groups in total. The number of hydrogen-bond donors (Lipinski definition) is 2. The number of aliphatic hydroxyl groups is 2. The molecule has 0 spiro atoms. The van der Waals surface area contributed by atoms with Crippen molar-refractivity contribution < 1.29 is 10.2 Å². The van der Waals surface area contributed by atoms with E-state index < -0.39 is 12.2 Å². The van der Waals surface area contributed by atoms with E-state index in [4.69, 9.17) is 6.42 Å². The van der Waals surface area contributed by atoms with E-state index in [0.717, 1.165) is 12.8 Å². The van der Waals surface area contributed by atoms with E-state index in [-0.39, 0.29) is 12.3 Å². The maximum atomic E-state index is 9.60. The van der Waals surface area contributed by atoms with Crippen LogP contribution in [0.3, 0.4) is 0 Å². The molecule has 2 heteroatoms. The second kappa shape index (κ2) is 6.94. The van der Waals surface area contributed by atoms with Gasteiger partial charge in [-0.3, -0.25) is 0 Å². The van der Waals surface area contributed by atoms with Gasteiger partial charge >= 0.3 is 0 Å². The summed E-state index contributed by atoms with van der Waals surface area (Å²) in [5, 5.41) is 19.2. The van der Waals surface area contributed by atoms with Gasteiger partial charge in [-0.05, 0) is 19.3 Å². The summed E-state index contributed by atoms with van der Waals surface area (Å²) >= 11 is 0. The molecule has 0 bridgehead atoms. The van der Waals surface area contributed by atoms with Crippen molar-refractivity contribution in [3.8, 4) is 5.92 Å². The number of hydrogen-bond acceptors (Lipinski definition) is 2. The van der Waals surface area contributed by atoms with Crippen molar-refractivity contribution in [2.45, 2.75) is 51.7 Å². The third-order valence-corrected chi connectivity index (χ3v) is 2.34. The van der Waals surface area contributed by atoms with Gasteiger partial charge in [-0.15, -0.1) is 0 Å². The van der Waals surface area contributed by atoms with Crippen LogP contribution in [0.4, 0.5) is 0 Å². The first-order valence-electron chi connectivity index (χ1n) is 4.93. The predicted octanol–water partition coefficient (Wildman–Crippen LogP) is 1.51. The largest absolute Gasteiger partial charge is 0.393 e. The summed E-state index contributed by atoms with van der Waals surface area (Å²) in [6.07, 6.45) is 8.31. The van der Waals surface area contributed by atoms with Gasteiger partial charge in [0, 0.05) is 12.3 Å². The molecular formula is C11H19O2. The number of rotatable bonds is 6. The molecule has 3 unspecified atom stereocenters. The quantitative estimate of drug-likeness (QED) is 0.613. The molecule has 0 rings (SSSR count). The Morgan fingerprint density at radius 2 is 1.85 bits per heavy atom. The van der Waals surface area contributed by atoms with Crippen LogP contribution in [0.25, 0.3) is 0 Å². The molecule has 0 saturated heterocycles. The van der Waals surface area contributed by atoms with Gasteiger partial charge < -0.3 is 10.2 Å². The Bertz CT molecular complexity index is 160. The molecule has 0 saturated carbocycles. The minimum Gasteiger partial charge on any atom is -0.393 e. The van der Waals surface area contributed by atoms with E-state index in [9.17, 15) is 10.2 Å². The van der Waals surface area contributed by atoms with Gasteiger partial charge in [-0.2, -0.15) is 0 Å². The highest BCUT2D eigenvalue weighted by atomic mass is 16.3. The molecule has 2 nitrogen and oxygen atoms in total. The van der Waals surface area contributed by atoms with Gasteiger partial charge in [-0.25, -0.2) is 0 Å². The minimum atomic E-state index is -0.618. The maximum Gasteiger partial charge on any atom is 0.0702 e. The van der Waals surface area contributed by atoms with Crippen LogP contribution in [-0.2, 0) is 0 Å². The Hall–Kier alpha value is -0.520. The standard InChI is InChI=1S/C11H19O2/c1-4-7-9(10(12)6-3)11(13)8-5-2/h9-13H,4,6-8H2,1,3H3. The van der Waals surface area contributed by atoms with Crippen LogP contribution in [0.1, 0.15) is 39.5 Å². The van der Waals surface area contributed by atoms with Crippen LogP contribution in [0.15, 0.2) is 0 Å². The molecule has 1 radical (unpaired) electrons. The zero-order chi connectivity index (χ0) is 10.3. The smallest absolute Gasteiger partial charge is 0.0702 e. The normalized spacial score (nSPS) is 17.5. The molecule has 13 heavy (non-hydrogen) atoms. The van der Waals surface area contributed by atoms with Crippen molar-refractivity contribution in [2.24, 2.45) is 5.92 Å². The molecule has 0 amide bonds. The fourth-order valence-electron chi connectivity index (χ4n) is 1.53. The van der Waals surface area contributed by atoms with Crippen LogP contribution < -0.4 is 0 Å². The van der Waals surface area contributed by atoms with Gasteiger partial charge in [0.2, 0.25) is 0 Å². The summed E-state index contributed by atoms with van der Waals surface area (Å²) in [7, 11) is 0. The molecule has 75 valence electrons. The van der Waals surface area contributed by atoms with Crippen LogP contribution >= 0.6 is 0 Å². The average Bonchev–Trinajstić information content (AvgIpc) is 2.13. The van der Waals surface area contributed by atoms with Gasteiger partial charge in [0.25, 0.3) is 0 Å². The van der Waals surface area contributed by atoms with E-state index in [2.05, 4.69) is 5.92 Å². The average molecular weight is 183 g/mol. The summed E-state index contributed by atoms with van der Waals surface area (Å²) in [5.74, 6) is 2.07. The van der Waals surface area contributed by atoms with E-state index >= 15 is 0 Å². The second-order valence-corrected chi connectivity index (χ2v) is 3.38. The maximum absolute atomic E-state index is 9.60.